The lowest BCUT2D eigenvalue weighted by Gasteiger charge is -2.06. The summed E-state index contributed by atoms with van der Waals surface area (Å²) >= 11 is 0. The van der Waals surface area contributed by atoms with E-state index in [1.54, 1.807) is 0 Å². The predicted octanol–water partition coefficient (Wildman–Crippen LogP) is 3.63. The maximum atomic E-state index is 12.2. The Kier molecular flexibility index (Phi) is 4.39. The zero-order chi connectivity index (χ0) is 9.83. The van der Waals surface area contributed by atoms with E-state index in [9.17, 15) is 20.5 Å². The quantitative estimate of drug-likeness (QED) is 0.288. The highest BCUT2D eigenvalue weighted by Crippen LogP contribution is 2.22. The molecular weight excluding hydrogens is 211 g/mol. The molecule has 0 spiro atoms. The van der Waals surface area contributed by atoms with E-state index in [-0.39, 0.29) is 18.9 Å². The van der Waals surface area contributed by atoms with Crippen LogP contribution < -0.4 is 0 Å². The second-order valence-electron chi connectivity index (χ2n) is 2.89. The lowest BCUT2D eigenvalue weighted by atomic mass is 10.4. The molecule has 0 aromatic heterocycles. The van der Waals surface area contributed by atoms with Crippen LogP contribution in [0.1, 0.15) is 12.8 Å². The average Bonchev–Trinajstić information content (AvgIpc) is 1.76. The fourth-order valence-electron chi connectivity index (χ4n) is 0.761. The zero-order valence-electron chi connectivity index (χ0n) is 6.72. The Morgan fingerprint density at radius 1 is 0.833 bits per heavy atom. The van der Waals surface area contributed by atoms with Gasteiger partial charge in [0.2, 0.25) is 0 Å². The molecule has 0 saturated heterocycles. The van der Waals surface area contributed by atoms with Gasteiger partial charge < -0.3 is 0 Å². The van der Waals surface area contributed by atoms with Gasteiger partial charge in [0.15, 0.2) is 0 Å². The molecule has 0 N–H and O–H groups in total. The highest BCUT2D eigenvalue weighted by molar-refractivity contribution is 6.64. The summed E-state index contributed by atoms with van der Waals surface area (Å²) in [6.07, 6.45) is -0.103. The number of unbranched alkanes of at least 4 members (excludes halogenated alkanes) is 1. The smallest absolute Gasteiger partial charge is 0.271 e. The Hall–Kier alpha value is 0.0838. The molecule has 0 bridgehead atoms. The van der Waals surface area contributed by atoms with Crippen molar-refractivity contribution in [2.24, 2.45) is 0 Å². The van der Waals surface area contributed by atoms with E-state index in [4.69, 9.17) is 0 Å². The topological polar surface area (TPSA) is 0 Å². The molecule has 74 valence electrons. The molecule has 0 aliphatic heterocycles. The summed E-state index contributed by atoms with van der Waals surface area (Å²) in [5.74, 6) is 0. The van der Waals surface area contributed by atoms with Crippen molar-refractivity contribution in [1.29, 1.82) is 0 Å². The van der Waals surface area contributed by atoms with Crippen LogP contribution in [-0.4, -0.2) is 17.8 Å². The van der Waals surface area contributed by atoms with Gasteiger partial charge in [-0.25, -0.2) is 12.3 Å². The van der Waals surface area contributed by atoms with Gasteiger partial charge in [-0.15, -0.1) is 0 Å². The minimum Gasteiger partial charge on any atom is -0.271 e. The standard InChI is InChI=1S/C5H11F5Si2/c1-11(6,7)4-2-3-5-12(8,9)10/h2-5H2,1H3. The molecule has 0 radical (unpaired) electrons. The predicted molar refractivity (Wildman–Crippen MR) is 41.8 cm³/mol. The van der Waals surface area contributed by atoms with E-state index in [2.05, 4.69) is 0 Å². The van der Waals surface area contributed by atoms with Crippen molar-refractivity contribution in [3.05, 3.63) is 0 Å². The number of rotatable bonds is 5. The maximum Gasteiger partial charge on any atom is 0.616 e. The molecule has 0 aliphatic carbocycles. The average molecular weight is 222 g/mol. The highest BCUT2D eigenvalue weighted by Gasteiger charge is 2.36. The molecule has 0 aromatic carbocycles. The van der Waals surface area contributed by atoms with Crippen molar-refractivity contribution in [2.75, 3.05) is 0 Å². The molecule has 0 rings (SSSR count). The Morgan fingerprint density at radius 2 is 1.25 bits per heavy atom. The van der Waals surface area contributed by atoms with E-state index in [0.717, 1.165) is 6.55 Å². The number of hydrogen-bond acceptors (Lipinski definition) is 0. The summed E-state index contributed by atoms with van der Waals surface area (Å²) in [5, 5.41) is 0. The van der Waals surface area contributed by atoms with Crippen molar-refractivity contribution < 1.29 is 20.5 Å². The van der Waals surface area contributed by atoms with Crippen molar-refractivity contribution in [1.82, 2.24) is 0 Å². The van der Waals surface area contributed by atoms with Crippen LogP contribution in [0.4, 0.5) is 20.5 Å². The Morgan fingerprint density at radius 3 is 1.58 bits per heavy atom. The molecule has 12 heavy (non-hydrogen) atoms. The molecule has 0 aromatic rings. The molecule has 0 saturated carbocycles. The minimum absolute atomic E-state index is 0.0161. The first-order chi connectivity index (χ1) is 5.21. The third kappa shape index (κ3) is 10.1. The summed E-state index contributed by atoms with van der Waals surface area (Å²) < 4.78 is 59.3. The van der Waals surface area contributed by atoms with Gasteiger partial charge in [-0.1, -0.05) is 6.42 Å². The van der Waals surface area contributed by atoms with E-state index in [1.807, 2.05) is 0 Å². The SMILES string of the molecule is C[Si](F)(F)CCCC[Si](F)(F)F. The Labute approximate surface area is 70.7 Å². The summed E-state index contributed by atoms with van der Waals surface area (Å²) in [6.45, 7) is 0.859. The fourth-order valence-corrected chi connectivity index (χ4v) is 2.28. The number of halogens is 5. The van der Waals surface area contributed by atoms with E-state index in [1.165, 1.54) is 0 Å². The second kappa shape index (κ2) is 4.36. The lowest BCUT2D eigenvalue weighted by molar-refractivity contribution is 0.461. The highest BCUT2D eigenvalue weighted by atomic mass is 28.5. The summed E-state index contributed by atoms with van der Waals surface area (Å²) in [6, 6.07) is -1.12. The molecule has 0 amide bonds. The maximum absolute atomic E-state index is 12.2. The van der Waals surface area contributed by atoms with Crippen molar-refractivity contribution in [3.63, 3.8) is 0 Å². The van der Waals surface area contributed by atoms with Crippen LogP contribution in [0.2, 0.25) is 18.6 Å². The van der Waals surface area contributed by atoms with E-state index in [0.29, 0.717) is 0 Å². The monoisotopic (exact) mass is 222 g/mol. The van der Waals surface area contributed by atoms with Crippen LogP contribution in [0.5, 0.6) is 0 Å². The van der Waals surface area contributed by atoms with Gasteiger partial charge in [0.1, 0.15) is 0 Å². The molecule has 0 nitrogen and oxygen atoms in total. The van der Waals surface area contributed by atoms with Crippen LogP contribution in [0.15, 0.2) is 0 Å². The molecule has 7 heteroatoms. The Bertz CT molecular complexity index is 111. The van der Waals surface area contributed by atoms with Crippen molar-refractivity contribution in [2.45, 2.75) is 31.5 Å². The van der Waals surface area contributed by atoms with Crippen LogP contribution in [0, 0.1) is 0 Å². The third-order valence-electron chi connectivity index (χ3n) is 1.33. The van der Waals surface area contributed by atoms with Gasteiger partial charge in [-0.05, 0) is 19.0 Å². The van der Waals surface area contributed by atoms with Crippen LogP contribution in [0.3, 0.4) is 0 Å². The molecule has 0 unspecified atom stereocenters. The lowest BCUT2D eigenvalue weighted by Crippen LogP contribution is -2.17. The first-order valence-corrected chi connectivity index (χ1v) is 7.96. The molecule has 0 atom stereocenters. The van der Waals surface area contributed by atoms with Crippen LogP contribution in [0.25, 0.3) is 0 Å². The van der Waals surface area contributed by atoms with Crippen molar-refractivity contribution >= 4 is 17.8 Å². The van der Waals surface area contributed by atoms with Gasteiger partial charge in [-0.3, -0.25) is 8.22 Å². The molecule has 0 fully saturated rings. The van der Waals surface area contributed by atoms with Crippen LogP contribution >= 0.6 is 0 Å². The Balaban J connectivity index is 3.35. The fraction of sp³-hybridized carbons (Fsp3) is 1.00. The summed E-state index contributed by atoms with van der Waals surface area (Å²) in [4.78, 5) is 0. The minimum atomic E-state index is -5.48. The second-order valence-corrected chi connectivity index (χ2v) is 7.26. The van der Waals surface area contributed by atoms with Gasteiger partial charge in [0, 0.05) is 6.04 Å². The van der Waals surface area contributed by atoms with E-state index < -0.39 is 23.9 Å². The normalized spacial score (nSPS) is 13.5. The zero-order valence-corrected chi connectivity index (χ0v) is 8.72. The van der Waals surface area contributed by atoms with Crippen molar-refractivity contribution in [3.8, 4) is 0 Å². The summed E-state index contributed by atoms with van der Waals surface area (Å²) in [7, 11) is -9.59. The van der Waals surface area contributed by atoms with Crippen LogP contribution in [-0.2, 0) is 0 Å². The molecule has 0 aliphatic rings. The van der Waals surface area contributed by atoms with Gasteiger partial charge in [0.25, 0.3) is 0 Å². The molecule has 0 heterocycles. The van der Waals surface area contributed by atoms with Gasteiger partial charge in [-0.2, -0.15) is 0 Å². The first kappa shape index (κ1) is 12.1. The largest absolute Gasteiger partial charge is 0.616 e. The molecular formula is C5H11F5Si2. The van der Waals surface area contributed by atoms with Gasteiger partial charge >= 0.3 is 17.8 Å². The number of hydrogen-bond donors (Lipinski definition) is 0. The van der Waals surface area contributed by atoms with Gasteiger partial charge in [0.05, 0.1) is 0 Å². The summed E-state index contributed by atoms with van der Waals surface area (Å²) in [5.41, 5.74) is 0. The third-order valence-corrected chi connectivity index (χ3v) is 3.48. The van der Waals surface area contributed by atoms with E-state index >= 15 is 0 Å². The first-order valence-electron chi connectivity index (χ1n) is 3.65.